The zero-order chi connectivity index (χ0) is 25.7. The highest BCUT2D eigenvalue weighted by atomic mass is 127. The van der Waals surface area contributed by atoms with Gasteiger partial charge >= 0.3 is 0 Å². The Balaban J connectivity index is 1.57. The number of hydrogen-bond donors (Lipinski definition) is 0. The number of hydrogen-bond acceptors (Lipinski definition) is 6. The lowest BCUT2D eigenvalue weighted by Gasteiger charge is -2.14. The maximum atomic E-state index is 13.2. The van der Waals surface area contributed by atoms with Crippen molar-refractivity contribution in [3.63, 3.8) is 0 Å². The number of carbonyl (C=O) groups excluding carboxylic acids is 1. The third-order valence-corrected chi connectivity index (χ3v) is 7.16. The quantitative estimate of drug-likeness (QED) is 0.209. The number of methoxy groups -OCH3 is 2. The zero-order valence-electron chi connectivity index (χ0n) is 20.0. The van der Waals surface area contributed by atoms with Crippen molar-refractivity contribution in [2.75, 3.05) is 20.8 Å². The van der Waals surface area contributed by atoms with Crippen LogP contribution in [0.1, 0.15) is 18.1 Å². The van der Waals surface area contributed by atoms with Crippen LogP contribution in [-0.2, 0) is 11.4 Å². The summed E-state index contributed by atoms with van der Waals surface area (Å²) in [5.41, 5.74) is 2.39. The van der Waals surface area contributed by atoms with Gasteiger partial charge in [0.25, 0.3) is 5.91 Å². The van der Waals surface area contributed by atoms with Crippen LogP contribution in [0, 0.1) is 9.39 Å². The van der Waals surface area contributed by atoms with Crippen LogP contribution in [0.2, 0.25) is 0 Å². The maximum Gasteiger partial charge on any atom is 0.266 e. The number of amides is 1. The minimum Gasteiger partial charge on any atom is -0.497 e. The number of rotatable bonds is 8. The van der Waals surface area contributed by atoms with Crippen molar-refractivity contribution in [1.82, 2.24) is 4.90 Å². The number of amidine groups is 1. The lowest BCUT2D eigenvalue weighted by Crippen LogP contribution is -2.28. The molecule has 0 unspecified atom stereocenters. The Labute approximate surface area is 227 Å². The topological polar surface area (TPSA) is 60.4 Å². The van der Waals surface area contributed by atoms with Crippen LogP contribution < -0.4 is 14.2 Å². The van der Waals surface area contributed by atoms with Gasteiger partial charge in [-0.05, 0) is 107 Å². The highest BCUT2D eigenvalue weighted by Gasteiger charge is 2.32. The Morgan fingerprint density at radius 3 is 2.42 bits per heavy atom. The molecule has 0 aliphatic carbocycles. The van der Waals surface area contributed by atoms with E-state index in [9.17, 15) is 9.18 Å². The van der Waals surface area contributed by atoms with Gasteiger partial charge in [0, 0.05) is 6.54 Å². The summed E-state index contributed by atoms with van der Waals surface area (Å²) < 4.78 is 30.8. The molecule has 0 atom stereocenters. The largest absolute Gasteiger partial charge is 0.497 e. The molecule has 0 spiro atoms. The van der Waals surface area contributed by atoms with Crippen LogP contribution in [0.4, 0.5) is 10.1 Å². The summed E-state index contributed by atoms with van der Waals surface area (Å²) in [5, 5.41) is 0.625. The van der Waals surface area contributed by atoms with Crippen LogP contribution in [0.15, 0.2) is 70.6 Å². The molecular formula is C27H24FIN2O4S. The summed E-state index contributed by atoms with van der Waals surface area (Å²) in [4.78, 5) is 20.0. The normalized spacial score (nSPS) is 15.6. The summed E-state index contributed by atoms with van der Waals surface area (Å²) in [5.74, 6) is 1.50. The van der Waals surface area contributed by atoms with E-state index >= 15 is 0 Å². The lowest BCUT2D eigenvalue weighted by atomic mass is 10.1. The summed E-state index contributed by atoms with van der Waals surface area (Å²) in [7, 11) is 3.18. The average Bonchev–Trinajstić information content (AvgIpc) is 3.17. The van der Waals surface area contributed by atoms with E-state index in [4.69, 9.17) is 14.2 Å². The Kier molecular flexibility index (Phi) is 8.52. The van der Waals surface area contributed by atoms with Crippen LogP contribution in [0.3, 0.4) is 0 Å². The fraction of sp³-hybridized carbons (Fsp3) is 0.185. The molecule has 0 N–H and O–H groups in total. The molecule has 1 fully saturated rings. The predicted octanol–water partition coefficient (Wildman–Crippen LogP) is 6.65. The van der Waals surface area contributed by atoms with E-state index in [2.05, 4.69) is 27.6 Å². The Hall–Kier alpha value is -3.05. The van der Waals surface area contributed by atoms with Gasteiger partial charge in [-0.2, -0.15) is 0 Å². The van der Waals surface area contributed by atoms with Gasteiger partial charge in [0.15, 0.2) is 16.7 Å². The fourth-order valence-electron chi connectivity index (χ4n) is 3.49. The van der Waals surface area contributed by atoms with E-state index in [1.54, 1.807) is 31.3 Å². The molecule has 6 nitrogen and oxygen atoms in total. The highest BCUT2D eigenvalue weighted by molar-refractivity contribution is 14.1. The van der Waals surface area contributed by atoms with E-state index in [1.807, 2.05) is 49.4 Å². The number of halogens is 2. The third-order valence-electron chi connectivity index (χ3n) is 5.35. The summed E-state index contributed by atoms with van der Waals surface area (Å²) >= 11 is 3.52. The molecule has 0 radical (unpaired) electrons. The number of aliphatic imine (C=N–C) groups is 1. The second kappa shape index (κ2) is 11.8. The Morgan fingerprint density at radius 1 is 1.06 bits per heavy atom. The van der Waals surface area contributed by atoms with Crippen LogP contribution >= 0.6 is 34.4 Å². The molecule has 0 aromatic heterocycles. The van der Waals surface area contributed by atoms with Gasteiger partial charge in [0.05, 0.1) is 28.4 Å². The number of likely N-dealkylation sites (N-methyl/N-ethyl adjacent to an activating group) is 1. The van der Waals surface area contributed by atoms with E-state index in [-0.39, 0.29) is 18.3 Å². The van der Waals surface area contributed by atoms with E-state index in [0.29, 0.717) is 28.1 Å². The van der Waals surface area contributed by atoms with Crippen LogP contribution in [0.25, 0.3) is 6.08 Å². The van der Waals surface area contributed by atoms with Gasteiger partial charge in [-0.1, -0.05) is 12.1 Å². The first-order valence-electron chi connectivity index (χ1n) is 11.1. The lowest BCUT2D eigenvalue weighted by molar-refractivity contribution is -0.122. The average molecular weight is 618 g/mol. The Morgan fingerprint density at radius 2 is 1.78 bits per heavy atom. The molecule has 0 bridgehead atoms. The molecule has 1 aliphatic heterocycles. The molecule has 1 saturated heterocycles. The number of nitrogens with zero attached hydrogens (tertiary/aromatic N) is 2. The van der Waals surface area contributed by atoms with Crippen molar-refractivity contribution in [2.45, 2.75) is 13.5 Å². The van der Waals surface area contributed by atoms with E-state index in [0.717, 1.165) is 26.1 Å². The maximum absolute atomic E-state index is 13.2. The van der Waals surface area contributed by atoms with E-state index < -0.39 is 0 Å². The molecule has 36 heavy (non-hydrogen) atoms. The minimum absolute atomic E-state index is 0.0969. The molecule has 3 aromatic carbocycles. The molecular weight excluding hydrogens is 594 g/mol. The number of thioether (sulfide) groups is 1. The zero-order valence-corrected chi connectivity index (χ0v) is 22.9. The first kappa shape index (κ1) is 26.0. The SMILES string of the molecule is CCN1C(=O)/C(=C\c2cc(I)c(OCc3ccc(F)cc3)c(OC)c2)SC1=Nc1ccc(OC)cc1. The molecule has 3 aromatic rings. The standard InChI is InChI=1S/C27H24FIN2O4S/c1-4-31-26(32)24(36-27(31)30-20-9-11-21(33-2)12-10-20)15-18-13-22(29)25(23(14-18)34-3)35-16-17-5-7-19(28)8-6-17/h5-15H,4,16H2,1-3H3/b24-15+,30-27?. The monoisotopic (exact) mass is 618 g/mol. The third kappa shape index (κ3) is 6.01. The second-order valence-electron chi connectivity index (χ2n) is 7.70. The predicted molar refractivity (Wildman–Crippen MR) is 149 cm³/mol. The van der Waals surface area contributed by atoms with Gasteiger partial charge in [0.2, 0.25) is 0 Å². The summed E-state index contributed by atoms with van der Waals surface area (Å²) in [6.07, 6.45) is 1.83. The summed E-state index contributed by atoms with van der Waals surface area (Å²) in [6, 6.07) is 17.3. The molecule has 1 amide bonds. The van der Waals surface area contributed by atoms with Crippen molar-refractivity contribution >= 4 is 57.2 Å². The molecule has 9 heteroatoms. The highest BCUT2D eigenvalue weighted by Crippen LogP contribution is 2.38. The second-order valence-corrected chi connectivity index (χ2v) is 9.87. The molecule has 4 rings (SSSR count). The van der Waals surface area contributed by atoms with Crippen molar-refractivity contribution in [1.29, 1.82) is 0 Å². The van der Waals surface area contributed by atoms with Crippen LogP contribution in [-0.4, -0.2) is 36.7 Å². The van der Waals surface area contributed by atoms with Crippen molar-refractivity contribution in [2.24, 2.45) is 4.99 Å². The number of benzene rings is 3. The smallest absolute Gasteiger partial charge is 0.266 e. The van der Waals surface area contributed by atoms with E-state index in [1.165, 1.54) is 23.9 Å². The van der Waals surface area contributed by atoms with Gasteiger partial charge in [-0.15, -0.1) is 0 Å². The van der Waals surface area contributed by atoms with Crippen molar-refractivity contribution in [3.05, 3.63) is 86.1 Å². The number of ether oxygens (including phenoxy) is 3. The molecule has 1 aliphatic rings. The molecule has 186 valence electrons. The van der Waals surface area contributed by atoms with Crippen molar-refractivity contribution < 1.29 is 23.4 Å². The van der Waals surface area contributed by atoms with Gasteiger partial charge in [-0.3, -0.25) is 9.69 Å². The number of carbonyl (C=O) groups is 1. The summed E-state index contributed by atoms with van der Waals surface area (Å²) in [6.45, 7) is 2.71. The first-order valence-corrected chi connectivity index (χ1v) is 13.0. The van der Waals surface area contributed by atoms with Gasteiger partial charge in [-0.25, -0.2) is 9.38 Å². The molecule has 0 saturated carbocycles. The van der Waals surface area contributed by atoms with Crippen molar-refractivity contribution in [3.8, 4) is 17.2 Å². The van der Waals surface area contributed by atoms with Gasteiger partial charge in [0.1, 0.15) is 18.2 Å². The first-order chi connectivity index (χ1) is 17.4. The fourth-order valence-corrected chi connectivity index (χ4v) is 5.33. The van der Waals surface area contributed by atoms with Crippen LogP contribution in [0.5, 0.6) is 17.2 Å². The minimum atomic E-state index is -0.290. The van der Waals surface area contributed by atoms with Gasteiger partial charge < -0.3 is 14.2 Å². The molecule has 1 heterocycles. The Bertz CT molecular complexity index is 1310.